The first-order valence-corrected chi connectivity index (χ1v) is 5.54. The molecule has 78 valence electrons. The van der Waals surface area contributed by atoms with E-state index in [9.17, 15) is 9.59 Å². The van der Waals surface area contributed by atoms with E-state index in [0.717, 1.165) is 15.3 Å². The van der Waals surface area contributed by atoms with Crippen LogP contribution in [0.5, 0.6) is 0 Å². The molecule has 0 radical (unpaired) electrons. The Balaban J connectivity index is 3.44. The largest absolute Gasteiger partial charge is 0.331 e. The summed E-state index contributed by atoms with van der Waals surface area (Å²) in [6.07, 6.45) is 0. The minimum Gasteiger partial charge on any atom is -0.288 e. The summed E-state index contributed by atoms with van der Waals surface area (Å²) in [5, 5.41) is 0.753. The molecule has 4 nitrogen and oxygen atoms in total. The summed E-state index contributed by atoms with van der Waals surface area (Å²) >= 11 is 1.51. The van der Waals surface area contributed by atoms with E-state index in [1.807, 2.05) is 13.8 Å². The summed E-state index contributed by atoms with van der Waals surface area (Å²) in [4.78, 5) is 23.0. The molecule has 0 aliphatic carbocycles. The Bertz CT molecular complexity index is 433. The minimum atomic E-state index is -0.240. The molecule has 0 spiro atoms. The van der Waals surface area contributed by atoms with E-state index >= 15 is 0 Å². The maximum absolute atomic E-state index is 11.6. The van der Waals surface area contributed by atoms with Gasteiger partial charge in [0, 0.05) is 19.7 Å². The lowest BCUT2D eigenvalue weighted by molar-refractivity contribution is 0.579. The Labute approximate surface area is 86.6 Å². The van der Waals surface area contributed by atoms with Gasteiger partial charge in [0.2, 0.25) is 0 Å². The molecule has 0 amide bonds. The van der Waals surface area contributed by atoms with Gasteiger partial charge in [-0.05, 0) is 12.7 Å². The molecular weight excluding hydrogens is 200 g/mol. The van der Waals surface area contributed by atoms with Gasteiger partial charge >= 0.3 is 5.69 Å². The van der Waals surface area contributed by atoms with E-state index < -0.39 is 0 Å². The van der Waals surface area contributed by atoms with Crippen molar-refractivity contribution in [1.29, 1.82) is 0 Å². The van der Waals surface area contributed by atoms with Crippen molar-refractivity contribution in [3.05, 3.63) is 26.9 Å². The maximum atomic E-state index is 11.6. The highest BCUT2D eigenvalue weighted by atomic mass is 32.2. The molecule has 0 aliphatic rings. The number of rotatable bonds is 3. The first-order chi connectivity index (χ1) is 6.61. The molecular formula is C9H14N2O2S. The summed E-state index contributed by atoms with van der Waals surface area (Å²) in [6, 6.07) is 1.51. The maximum Gasteiger partial charge on any atom is 0.331 e. The van der Waals surface area contributed by atoms with Crippen molar-refractivity contribution >= 4 is 11.8 Å². The average Bonchev–Trinajstić information content (AvgIpc) is 2.16. The van der Waals surface area contributed by atoms with E-state index in [1.165, 1.54) is 24.9 Å². The van der Waals surface area contributed by atoms with Gasteiger partial charge in [0.15, 0.2) is 0 Å². The molecule has 1 rings (SSSR count). The molecule has 0 aromatic carbocycles. The number of hydrogen-bond donors (Lipinski definition) is 0. The van der Waals surface area contributed by atoms with Gasteiger partial charge in [0.25, 0.3) is 5.56 Å². The van der Waals surface area contributed by atoms with Crippen molar-refractivity contribution in [2.45, 2.75) is 25.4 Å². The molecule has 0 N–H and O–H groups in total. The molecule has 1 aromatic heterocycles. The van der Waals surface area contributed by atoms with Crippen LogP contribution < -0.4 is 11.2 Å². The molecule has 14 heavy (non-hydrogen) atoms. The third-order valence-electron chi connectivity index (χ3n) is 1.97. The lowest BCUT2D eigenvalue weighted by Crippen LogP contribution is -2.38. The van der Waals surface area contributed by atoms with Crippen LogP contribution >= 0.6 is 11.8 Å². The zero-order valence-corrected chi connectivity index (χ0v) is 9.43. The highest BCUT2D eigenvalue weighted by Gasteiger charge is 2.06. The first kappa shape index (κ1) is 11.1. The van der Waals surface area contributed by atoms with Crippen LogP contribution in [0.1, 0.15) is 13.8 Å². The normalized spacial score (nSPS) is 10.5. The molecule has 0 bridgehead atoms. The quantitative estimate of drug-likeness (QED) is 0.549. The second-order valence-corrected chi connectivity index (χ2v) is 4.12. The van der Waals surface area contributed by atoms with Crippen LogP contribution in [0.25, 0.3) is 0 Å². The van der Waals surface area contributed by atoms with Crippen LogP contribution in [0.15, 0.2) is 20.7 Å². The second-order valence-electron chi connectivity index (χ2n) is 2.84. The topological polar surface area (TPSA) is 44.0 Å². The predicted molar refractivity (Wildman–Crippen MR) is 58.0 cm³/mol. The lowest BCUT2D eigenvalue weighted by Gasteiger charge is -2.09. The van der Waals surface area contributed by atoms with Crippen molar-refractivity contribution in [3.8, 4) is 0 Å². The van der Waals surface area contributed by atoms with Gasteiger partial charge in [0.05, 0.1) is 5.03 Å². The first-order valence-electron chi connectivity index (χ1n) is 4.55. The summed E-state index contributed by atoms with van der Waals surface area (Å²) in [6.45, 7) is 4.48. The van der Waals surface area contributed by atoms with Gasteiger partial charge in [-0.2, -0.15) is 0 Å². The Hall–Kier alpha value is -0.970. The SMILES string of the molecule is CCSc1cc(=O)n(C)c(=O)n1CC. The van der Waals surface area contributed by atoms with Crippen LogP contribution in [0.3, 0.4) is 0 Å². The third-order valence-corrected chi connectivity index (χ3v) is 2.89. The van der Waals surface area contributed by atoms with Crippen LogP contribution in [0, 0.1) is 0 Å². The van der Waals surface area contributed by atoms with Crippen molar-refractivity contribution in [3.63, 3.8) is 0 Å². The molecule has 0 saturated heterocycles. The molecule has 1 aromatic rings. The van der Waals surface area contributed by atoms with Crippen molar-refractivity contribution in [2.24, 2.45) is 7.05 Å². The highest BCUT2D eigenvalue weighted by molar-refractivity contribution is 7.99. The van der Waals surface area contributed by atoms with Gasteiger partial charge < -0.3 is 0 Å². The molecule has 0 aliphatic heterocycles. The van der Waals surface area contributed by atoms with E-state index in [-0.39, 0.29) is 11.2 Å². The van der Waals surface area contributed by atoms with Crippen LogP contribution in [-0.4, -0.2) is 14.9 Å². The number of hydrogen-bond acceptors (Lipinski definition) is 3. The highest BCUT2D eigenvalue weighted by Crippen LogP contribution is 2.13. The minimum absolute atomic E-state index is 0.240. The fraction of sp³-hybridized carbons (Fsp3) is 0.556. The van der Waals surface area contributed by atoms with Crippen molar-refractivity contribution < 1.29 is 0 Å². The van der Waals surface area contributed by atoms with Crippen LogP contribution in [0.2, 0.25) is 0 Å². The zero-order chi connectivity index (χ0) is 10.7. The Morgan fingerprint density at radius 3 is 2.50 bits per heavy atom. The lowest BCUT2D eigenvalue weighted by atomic mass is 10.6. The Kier molecular flexibility index (Phi) is 3.57. The average molecular weight is 214 g/mol. The molecule has 0 atom stereocenters. The fourth-order valence-electron chi connectivity index (χ4n) is 1.21. The van der Waals surface area contributed by atoms with E-state index in [0.29, 0.717) is 6.54 Å². The standard InChI is InChI=1S/C9H14N2O2S/c1-4-11-8(14-5-2)6-7(12)10(3)9(11)13/h6H,4-5H2,1-3H3. The zero-order valence-electron chi connectivity index (χ0n) is 8.61. The smallest absolute Gasteiger partial charge is 0.288 e. The Morgan fingerprint density at radius 2 is 2.00 bits per heavy atom. The fourth-order valence-corrected chi connectivity index (χ4v) is 2.05. The molecule has 0 fully saturated rings. The molecule has 1 heterocycles. The van der Waals surface area contributed by atoms with Gasteiger partial charge in [-0.15, -0.1) is 11.8 Å². The van der Waals surface area contributed by atoms with Crippen molar-refractivity contribution in [1.82, 2.24) is 9.13 Å². The second kappa shape index (κ2) is 4.50. The summed E-state index contributed by atoms with van der Waals surface area (Å²) in [5.74, 6) is 0.854. The third kappa shape index (κ3) is 1.92. The van der Waals surface area contributed by atoms with Crippen LogP contribution in [0.4, 0.5) is 0 Å². The van der Waals surface area contributed by atoms with Gasteiger partial charge in [-0.3, -0.25) is 13.9 Å². The van der Waals surface area contributed by atoms with Gasteiger partial charge in [-0.25, -0.2) is 4.79 Å². The van der Waals surface area contributed by atoms with E-state index in [1.54, 1.807) is 4.57 Å². The van der Waals surface area contributed by atoms with Gasteiger partial charge in [0.1, 0.15) is 0 Å². The number of nitrogens with zero attached hydrogens (tertiary/aromatic N) is 2. The predicted octanol–water partition coefficient (Wildman–Crippen LogP) is 0.679. The molecule has 0 saturated carbocycles. The molecule has 5 heteroatoms. The summed E-state index contributed by atoms with van der Waals surface area (Å²) in [5.41, 5.74) is -0.480. The van der Waals surface area contributed by atoms with Crippen molar-refractivity contribution in [2.75, 3.05) is 5.75 Å². The Morgan fingerprint density at radius 1 is 1.36 bits per heavy atom. The molecule has 0 unspecified atom stereocenters. The monoisotopic (exact) mass is 214 g/mol. The number of thioether (sulfide) groups is 1. The van der Waals surface area contributed by atoms with Crippen LogP contribution in [-0.2, 0) is 13.6 Å². The summed E-state index contributed by atoms with van der Waals surface area (Å²) in [7, 11) is 1.50. The van der Waals surface area contributed by atoms with E-state index in [2.05, 4.69) is 0 Å². The summed E-state index contributed by atoms with van der Waals surface area (Å²) < 4.78 is 2.73. The van der Waals surface area contributed by atoms with E-state index in [4.69, 9.17) is 0 Å². The number of aromatic nitrogens is 2. The van der Waals surface area contributed by atoms with Gasteiger partial charge in [-0.1, -0.05) is 6.92 Å².